The lowest BCUT2D eigenvalue weighted by atomic mass is 9.86. The Kier molecular flexibility index (Phi) is 5.95. The maximum atomic E-state index is 13.3. The van der Waals surface area contributed by atoms with Crippen LogP contribution in [0.25, 0.3) is 15.7 Å². The molecule has 5 rings (SSSR count). The summed E-state index contributed by atoms with van der Waals surface area (Å²) < 4.78 is 7.06. The Bertz CT molecular complexity index is 1380. The van der Waals surface area contributed by atoms with Crippen molar-refractivity contribution < 1.29 is 9.53 Å². The number of amides is 1. The normalized spacial score (nSPS) is 16.1. The van der Waals surface area contributed by atoms with Crippen molar-refractivity contribution in [3.05, 3.63) is 46.3 Å². The standard InChI is InChI=1S/C24H27ClN6O2S/c1-24(2,12-33-4)30(3)23(32)14-5-6-16-19(9-14)34-22-20(16)21(26-13-27-22)29-18-10-15-7-8-28-31(15)11-17(18)25/h7-8,10-11,13-14H,5-6,9,12H2,1-4H3,(H,26,27,29)/t14-/m0/s1. The van der Waals surface area contributed by atoms with E-state index in [4.69, 9.17) is 16.3 Å². The average Bonchev–Trinajstić information content (AvgIpc) is 3.41. The van der Waals surface area contributed by atoms with E-state index in [1.807, 2.05) is 37.9 Å². The number of methoxy groups -OCH3 is 1. The SMILES string of the molecule is COCC(C)(C)N(C)C(=O)[C@H]1CCc2c(sc3ncnc(Nc4cc5ccnn5cc4Cl)c23)C1. The maximum Gasteiger partial charge on any atom is 0.226 e. The molecule has 1 N–H and O–H groups in total. The number of nitrogens with one attached hydrogen (secondary N) is 1. The quantitative estimate of drug-likeness (QED) is 0.414. The molecule has 0 radical (unpaired) electrons. The van der Waals surface area contributed by atoms with Crippen molar-refractivity contribution in [2.75, 3.05) is 26.1 Å². The van der Waals surface area contributed by atoms with Crippen molar-refractivity contribution in [2.45, 2.75) is 38.6 Å². The van der Waals surface area contributed by atoms with Gasteiger partial charge in [0.05, 0.1) is 33.8 Å². The van der Waals surface area contributed by atoms with Gasteiger partial charge in [-0.3, -0.25) is 4.79 Å². The van der Waals surface area contributed by atoms with Crippen LogP contribution in [0.4, 0.5) is 11.5 Å². The molecule has 1 aliphatic rings. The number of rotatable bonds is 6. The third kappa shape index (κ3) is 4.01. The molecule has 4 heterocycles. The van der Waals surface area contributed by atoms with Crippen molar-refractivity contribution in [3.8, 4) is 0 Å². The Balaban J connectivity index is 1.44. The van der Waals surface area contributed by atoms with Gasteiger partial charge in [0.2, 0.25) is 5.91 Å². The lowest BCUT2D eigenvalue weighted by Gasteiger charge is -2.38. The highest BCUT2D eigenvalue weighted by Crippen LogP contribution is 2.41. The third-order valence-electron chi connectivity index (χ3n) is 6.67. The summed E-state index contributed by atoms with van der Waals surface area (Å²) in [5.74, 6) is 0.844. The van der Waals surface area contributed by atoms with E-state index in [2.05, 4.69) is 20.4 Å². The lowest BCUT2D eigenvalue weighted by molar-refractivity contribution is -0.141. The van der Waals surface area contributed by atoms with E-state index >= 15 is 0 Å². The monoisotopic (exact) mass is 498 g/mol. The third-order valence-corrected chi connectivity index (χ3v) is 8.13. The second kappa shape index (κ2) is 8.79. The Morgan fingerprint density at radius 2 is 2.24 bits per heavy atom. The minimum Gasteiger partial charge on any atom is -0.382 e. The molecule has 178 valence electrons. The zero-order chi connectivity index (χ0) is 24.0. The number of carbonyl (C=O) groups excluding carboxylic acids is 1. The van der Waals surface area contributed by atoms with Crippen LogP contribution in [0, 0.1) is 5.92 Å². The van der Waals surface area contributed by atoms with Crippen molar-refractivity contribution in [3.63, 3.8) is 0 Å². The molecule has 10 heteroatoms. The van der Waals surface area contributed by atoms with Crippen LogP contribution in [-0.4, -0.2) is 56.7 Å². The number of hydrogen-bond acceptors (Lipinski definition) is 7. The van der Waals surface area contributed by atoms with E-state index in [1.54, 1.807) is 41.7 Å². The van der Waals surface area contributed by atoms with E-state index in [0.717, 1.165) is 40.1 Å². The first-order chi connectivity index (χ1) is 16.3. The summed E-state index contributed by atoms with van der Waals surface area (Å²) in [7, 11) is 3.54. The number of ether oxygens (including phenoxy) is 1. The number of thiophene rings is 1. The first kappa shape index (κ1) is 23.0. The predicted octanol–water partition coefficient (Wildman–Crippen LogP) is 4.72. The molecule has 0 unspecified atom stereocenters. The molecular weight excluding hydrogens is 472 g/mol. The van der Waals surface area contributed by atoms with Crippen LogP contribution in [0.2, 0.25) is 5.02 Å². The van der Waals surface area contributed by atoms with E-state index < -0.39 is 0 Å². The van der Waals surface area contributed by atoms with E-state index in [-0.39, 0.29) is 17.4 Å². The largest absolute Gasteiger partial charge is 0.382 e. The molecule has 0 saturated heterocycles. The van der Waals surface area contributed by atoms with E-state index in [1.165, 1.54) is 10.4 Å². The van der Waals surface area contributed by atoms with Gasteiger partial charge in [0, 0.05) is 37.3 Å². The summed E-state index contributed by atoms with van der Waals surface area (Å²) in [6, 6.07) is 3.88. The number of pyridine rings is 1. The minimum atomic E-state index is -0.356. The second-order valence-electron chi connectivity index (χ2n) is 9.35. The fraction of sp³-hybridized carbons (Fsp3) is 0.417. The van der Waals surface area contributed by atoms with Crippen LogP contribution >= 0.6 is 22.9 Å². The Hall–Kier alpha value is -2.75. The summed E-state index contributed by atoms with van der Waals surface area (Å²) in [5.41, 5.74) is 2.57. The van der Waals surface area contributed by atoms with Crippen LogP contribution in [0.3, 0.4) is 0 Å². The summed E-state index contributed by atoms with van der Waals surface area (Å²) in [6.45, 7) is 4.55. The Morgan fingerprint density at radius 1 is 1.41 bits per heavy atom. The fourth-order valence-corrected chi connectivity index (χ4v) is 6.06. The van der Waals surface area contributed by atoms with Gasteiger partial charge in [0.25, 0.3) is 0 Å². The molecule has 0 spiro atoms. The first-order valence-electron chi connectivity index (χ1n) is 11.2. The highest BCUT2D eigenvalue weighted by Gasteiger charge is 2.35. The lowest BCUT2D eigenvalue weighted by Crippen LogP contribution is -2.50. The average molecular weight is 499 g/mol. The number of fused-ring (bicyclic) bond motifs is 4. The smallest absolute Gasteiger partial charge is 0.226 e. The molecule has 1 atom stereocenters. The summed E-state index contributed by atoms with van der Waals surface area (Å²) in [5, 5.41) is 9.22. The topological polar surface area (TPSA) is 84.6 Å². The second-order valence-corrected chi connectivity index (χ2v) is 10.8. The molecule has 1 amide bonds. The Labute approximate surface area is 206 Å². The number of carbonyl (C=O) groups is 1. The van der Waals surface area contributed by atoms with Crippen LogP contribution in [0.1, 0.15) is 30.7 Å². The Morgan fingerprint density at radius 3 is 3.03 bits per heavy atom. The van der Waals surface area contributed by atoms with Crippen molar-refractivity contribution in [1.29, 1.82) is 0 Å². The van der Waals surface area contributed by atoms with E-state index in [9.17, 15) is 4.79 Å². The number of halogens is 1. The molecule has 0 saturated carbocycles. The zero-order valence-corrected chi connectivity index (χ0v) is 21.2. The number of nitrogens with zero attached hydrogens (tertiary/aromatic N) is 5. The first-order valence-corrected chi connectivity index (χ1v) is 12.4. The van der Waals surface area contributed by atoms with Crippen LogP contribution in [0.15, 0.2) is 30.9 Å². The van der Waals surface area contributed by atoms with Crippen molar-refractivity contribution >= 4 is 56.1 Å². The van der Waals surface area contributed by atoms with Gasteiger partial charge in [0.1, 0.15) is 17.0 Å². The molecule has 1 aliphatic carbocycles. The van der Waals surface area contributed by atoms with Gasteiger partial charge in [-0.15, -0.1) is 11.3 Å². The number of likely N-dealkylation sites (N-methyl/N-ethyl adjacent to an activating group) is 1. The number of anilines is 2. The van der Waals surface area contributed by atoms with Gasteiger partial charge in [-0.25, -0.2) is 14.5 Å². The van der Waals surface area contributed by atoms with Gasteiger partial charge in [-0.1, -0.05) is 11.6 Å². The molecule has 8 nitrogen and oxygen atoms in total. The van der Waals surface area contributed by atoms with Crippen molar-refractivity contribution in [1.82, 2.24) is 24.5 Å². The molecule has 4 aromatic rings. The molecular formula is C24H27ClN6O2S. The molecule has 34 heavy (non-hydrogen) atoms. The summed E-state index contributed by atoms with van der Waals surface area (Å²) in [6.07, 6.45) is 7.40. The number of aryl methyl sites for hydroxylation is 1. The highest BCUT2D eigenvalue weighted by molar-refractivity contribution is 7.19. The van der Waals surface area contributed by atoms with Gasteiger partial charge in [-0.2, -0.15) is 5.10 Å². The van der Waals surface area contributed by atoms with Gasteiger partial charge < -0.3 is 15.0 Å². The molecule has 0 bridgehead atoms. The molecule has 0 aliphatic heterocycles. The van der Waals surface area contributed by atoms with Crippen LogP contribution in [0.5, 0.6) is 0 Å². The summed E-state index contributed by atoms with van der Waals surface area (Å²) in [4.78, 5) is 26.3. The van der Waals surface area contributed by atoms with Crippen LogP contribution < -0.4 is 5.32 Å². The fourth-order valence-electron chi connectivity index (χ4n) is 4.60. The van der Waals surface area contributed by atoms with Gasteiger partial charge in [0.15, 0.2) is 0 Å². The molecule has 0 aromatic carbocycles. The zero-order valence-electron chi connectivity index (χ0n) is 19.6. The highest BCUT2D eigenvalue weighted by atomic mass is 35.5. The summed E-state index contributed by atoms with van der Waals surface area (Å²) >= 11 is 8.16. The van der Waals surface area contributed by atoms with E-state index in [0.29, 0.717) is 18.1 Å². The van der Waals surface area contributed by atoms with Gasteiger partial charge >= 0.3 is 0 Å². The predicted molar refractivity (Wildman–Crippen MR) is 135 cm³/mol. The van der Waals surface area contributed by atoms with Crippen molar-refractivity contribution in [2.24, 2.45) is 5.92 Å². The number of hydrogen-bond donors (Lipinski definition) is 1. The maximum absolute atomic E-state index is 13.3. The molecule has 0 fully saturated rings. The minimum absolute atomic E-state index is 0.0511. The van der Waals surface area contributed by atoms with Crippen LogP contribution in [-0.2, 0) is 22.4 Å². The molecule has 4 aromatic heterocycles. The number of aromatic nitrogens is 4. The van der Waals surface area contributed by atoms with Gasteiger partial charge in [-0.05, 0) is 50.8 Å².